The van der Waals surface area contributed by atoms with E-state index in [-0.39, 0.29) is 23.6 Å². The van der Waals surface area contributed by atoms with Crippen molar-refractivity contribution in [1.82, 2.24) is 29.8 Å². The summed E-state index contributed by atoms with van der Waals surface area (Å²) in [7, 11) is 0. The topological polar surface area (TPSA) is 123 Å². The maximum atomic E-state index is 12.4. The largest absolute Gasteiger partial charge is 0.459 e. The number of nitrogens with zero attached hydrogens (tertiary/aromatic N) is 5. The van der Waals surface area contributed by atoms with Crippen molar-refractivity contribution in [3.05, 3.63) is 60.6 Å². The van der Waals surface area contributed by atoms with Gasteiger partial charge in [-0.05, 0) is 63.0 Å². The van der Waals surface area contributed by atoms with Gasteiger partial charge >= 0.3 is 0 Å². The first-order chi connectivity index (χ1) is 22.4. The highest BCUT2D eigenvalue weighted by atomic mass is 16.3. The van der Waals surface area contributed by atoms with E-state index >= 15 is 0 Å². The second kappa shape index (κ2) is 14.8. The van der Waals surface area contributed by atoms with Gasteiger partial charge in [-0.2, -0.15) is 0 Å². The van der Waals surface area contributed by atoms with Gasteiger partial charge in [0.05, 0.1) is 24.3 Å². The summed E-state index contributed by atoms with van der Waals surface area (Å²) in [5.41, 5.74) is 0.752. The monoisotopic (exact) mass is 634 g/mol. The van der Waals surface area contributed by atoms with Crippen LogP contribution < -0.4 is 5.32 Å². The third-order valence-corrected chi connectivity index (χ3v) is 10.2. The van der Waals surface area contributed by atoms with E-state index in [2.05, 4.69) is 26.6 Å². The number of amides is 2. The van der Waals surface area contributed by atoms with Crippen LogP contribution in [0.15, 0.2) is 57.9 Å². The van der Waals surface area contributed by atoms with Crippen LogP contribution in [-0.4, -0.2) is 139 Å². The average molecular weight is 635 g/mol. The van der Waals surface area contributed by atoms with Crippen LogP contribution in [0.1, 0.15) is 46.8 Å². The molecular weight excluding hydrogens is 588 g/mol. The molecular formula is C34H46N6O6. The van der Waals surface area contributed by atoms with Crippen molar-refractivity contribution >= 4 is 23.4 Å². The molecule has 12 heteroatoms. The molecule has 0 aliphatic carbocycles. The van der Waals surface area contributed by atoms with E-state index in [0.29, 0.717) is 42.2 Å². The summed E-state index contributed by atoms with van der Waals surface area (Å²) in [4.78, 5) is 58.0. The fourth-order valence-electron chi connectivity index (χ4n) is 7.31. The summed E-state index contributed by atoms with van der Waals surface area (Å²) >= 11 is 0. The van der Waals surface area contributed by atoms with E-state index in [0.717, 1.165) is 103 Å². The Labute approximate surface area is 270 Å². The highest BCUT2D eigenvalue weighted by Crippen LogP contribution is 2.30. The number of fused-ring (bicyclic) bond motifs is 6. The molecule has 2 amide bonds. The lowest BCUT2D eigenvalue weighted by atomic mass is 9.82. The molecule has 8 aliphatic heterocycles. The lowest BCUT2D eigenvalue weighted by Gasteiger charge is -2.46. The van der Waals surface area contributed by atoms with Crippen molar-refractivity contribution in [3.63, 3.8) is 0 Å². The molecule has 1 N–H and O–H groups in total. The van der Waals surface area contributed by atoms with Crippen molar-refractivity contribution in [1.29, 1.82) is 0 Å². The molecule has 10 heterocycles. The first-order valence-corrected chi connectivity index (χ1v) is 16.7. The fraction of sp³-hybridized carbons (Fsp3) is 0.588. The molecule has 2 aromatic heterocycles. The summed E-state index contributed by atoms with van der Waals surface area (Å²) in [5.74, 6) is 2.14. The van der Waals surface area contributed by atoms with Crippen molar-refractivity contribution in [3.8, 4) is 0 Å². The van der Waals surface area contributed by atoms with Crippen molar-refractivity contribution in [2.75, 3.05) is 85.1 Å². The van der Waals surface area contributed by atoms with Gasteiger partial charge in [0.2, 0.25) is 0 Å². The smallest absolute Gasteiger partial charge is 0.289 e. The number of carbonyl (C=O) groups is 4. The number of furan rings is 2. The van der Waals surface area contributed by atoms with Gasteiger partial charge in [-0.15, -0.1) is 0 Å². The van der Waals surface area contributed by atoms with E-state index in [1.807, 2.05) is 4.90 Å². The minimum atomic E-state index is -0.0359. The minimum absolute atomic E-state index is 0.00787. The summed E-state index contributed by atoms with van der Waals surface area (Å²) < 4.78 is 10.2. The molecule has 12 nitrogen and oxygen atoms in total. The van der Waals surface area contributed by atoms with E-state index in [1.165, 1.54) is 12.5 Å². The Balaban J connectivity index is 0.000000136. The first-order valence-electron chi connectivity index (χ1n) is 16.7. The molecule has 0 radical (unpaired) electrons. The zero-order chi connectivity index (χ0) is 32.0. The number of hydrogen-bond donors (Lipinski definition) is 1. The van der Waals surface area contributed by atoms with Crippen LogP contribution in [-0.2, 0) is 9.59 Å². The first kappa shape index (κ1) is 32.2. The number of hydrogen-bond acceptors (Lipinski definition) is 10. The van der Waals surface area contributed by atoms with E-state index in [4.69, 9.17) is 8.83 Å². The van der Waals surface area contributed by atoms with Gasteiger partial charge in [0.15, 0.2) is 23.1 Å². The number of Topliss-reactive ketones (excluding diaryl/α,β-unsaturated/α-hetero) is 2. The highest BCUT2D eigenvalue weighted by Gasteiger charge is 2.42. The minimum Gasteiger partial charge on any atom is -0.459 e. The Morgan fingerprint density at radius 3 is 1.74 bits per heavy atom. The second-order valence-electron chi connectivity index (χ2n) is 12.9. The van der Waals surface area contributed by atoms with Crippen LogP contribution in [0.5, 0.6) is 0 Å². The van der Waals surface area contributed by atoms with Gasteiger partial charge in [-0.25, -0.2) is 0 Å². The van der Waals surface area contributed by atoms with E-state index in [1.54, 1.807) is 29.2 Å². The van der Waals surface area contributed by atoms with Crippen LogP contribution in [0.25, 0.3) is 0 Å². The third-order valence-electron chi connectivity index (χ3n) is 10.2. The Hall–Kier alpha value is -3.74. The number of allylic oxidation sites excluding steroid dienone is 1. The normalized spacial score (nSPS) is 26.4. The molecule has 2 aromatic rings. The predicted octanol–water partition coefficient (Wildman–Crippen LogP) is 1.82. The van der Waals surface area contributed by atoms with Gasteiger partial charge in [0.25, 0.3) is 11.8 Å². The van der Waals surface area contributed by atoms with Gasteiger partial charge in [-0.1, -0.05) is 6.58 Å². The second-order valence-corrected chi connectivity index (χ2v) is 12.9. The Morgan fingerprint density at radius 2 is 1.28 bits per heavy atom. The zero-order valence-electron chi connectivity index (χ0n) is 26.6. The van der Waals surface area contributed by atoms with Crippen LogP contribution in [0.3, 0.4) is 0 Å². The Morgan fingerprint density at radius 1 is 0.739 bits per heavy atom. The van der Waals surface area contributed by atoms with E-state index < -0.39 is 0 Å². The number of piperazine rings is 2. The molecule has 4 bridgehead atoms. The molecule has 8 aliphatic rings. The van der Waals surface area contributed by atoms with Crippen molar-refractivity contribution in [2.45, 2.75) is 31.7 Å². The fourth-order valence-corrected chi connectivity index (χ4v) is 7.31. The number of piperidine rings is 6. The van der Waals surface area contributed by atoms with Crippen molar-refractivity contribution < 1.29 is 28.0 Å². The molecule has 248 valence electrons. The third kappa shape index (κ3) is 7.29. The highest BCUT2D eigenvalue weighted by molar-refractivity contribution is 5.97. The lowest BCUT2D eigenvalue weighted by Crippen LogP contribution is -2.61. The van der Waals surface area contributed by atoms with Gasteiger partial charge in [0.1, 0.15) is 0 Å². The molecule has 1 atom stereocenters. The number of ketones is 2. The molecule has 0 saturated carbocycles. The molecule has 0 spiro atoms. The van der Waals surface area contributed by atoms with Gasteiger partial charge < -0.3 is 28.9 Å². The maximum Gasteiger partial charge on any atom is 0.289 e. The van der Waals surface area contributed by atoms with Crippen LogP contribution >= 0.6 is 0 Å². The Bertz CT molecular complexity index is 1320. The van der Waals surface area contributed by atoms with Gasteiger partial charge in [0, 0.05) is 83.8 Å². The standard InChI is InChI=1S/C17H23N3O3.C9H12N2O2.C8H11NO/c21-16-13-3-5-19(6-4-13)14(16)12-18-7-9-20(10-8-18)17(22)15-2-1-11-23-15;12-9(8-2-1-7-13-8)11-5-3-10-4-6-11;1-6-8(10)7-2-4-9(6)5-3-7/h1-2,11,13-14H,3-10,12H2;1-2,7,10H,3-6H2;7H,1-5H2. The molecule has 1 unspecified atom stereocenters. The number of rotatable bonds is 4. The summed E-state index contributed by atoms with van der Waals surface area (Å²) in [6, 6.07) is 6.95. The average Bonchev–Trinajstić information content (AvgIpc) is 3.86. The van der Waals surface area contributed by atoms with Crippen LogP contribution in [0.4, 0.5) is 0 Å². The SMILES string of the molecule is C=C1C(=O)C2CCN1CC2.O=C(c1ccco1)N1CCNCC1.O=C1C2CCN(CC2)C1CN1CCN(C(=O)c2ccco2)CC1. The van der Waals surface area contributed by atoms with Gasteiger partial charge in [-0.3, -0.25) is 29.0 Å². The predicted molar refractivity (Wildman–Crippen MR) is 170 cm³/mol. The number of carbonyl (C=O) groups excluding carboxylic acids is 4. The molecule has 0 aromatic carbocycles. The van der Waals surface area contributed by atoms with Crippen molar-refractivity contribution in [2.24, 2.45) is 11.8 Å². The molecule has 46 heavy (non-hydrogen) atoms. The zero-order valence-corrected chi connectivity index (χ0v) is 26.6. The molecule has 8 saturated heterocycles. The van der Waals surface area contributed by atoms with Crippen LogP contribution in [0.2, 0.25) is 0 Å². The van der Waals surface area contributed by atoms with E-state index in [9.17, 15) is 19.2 Å². The Kier molecular flexibility index (Phi) is 10.4. The summed E-state index contributed by atoms with van der Waals surface area (Å²) in [6.45, 7) is 15.1. The summed E-state index contributed by atoms with van der Waals surface area (Å²) in [6.07, 6.45) is 7.24. The lowest BCUT2D eigenvalue weighted by molar-refractivity contribution is -0.138. The van der Waals surface area contributed by atoms with Crippen LogP contribution in [0, 0.1) is 11.8 Å². The molecule has 8 fully saturated rings. The molecule has 10 rings (SSSR count). The maximum absolute atomic E-state index is 12.4. The quantitative estimate of drug-likeness (QED) is 0.499. The summed E-state index contributed by atoms with van der Waals surface area (Å²) in [5, 5.41) is 3.19. The number of nitrogens with one attached hydrogen (secondary N) is 1.